The van der Waals surface area contributed by atoms with Crippen molar-refractivity contribution < 1.29 is 19.4 Å². The number of nitriles is 1. The molecule has 0 saturated carbocycles. The average Bonchev–Trinajstić information content (AvgIpc) is 2.59. The molecule has 0 aliphatic carbocycles. The second-order valence-electron chi connectivity index (χ2n) is 5.68. The molecule has 0 saturated heterocycles. The summed E-state index contributed by atoms with van der Waals surface area (Å²) in [5.41, 5.74) is 2.98. The van der Waals surface area contributed by atoms with Crippen molar-refractivity contribution in [1.82, 2.24) is 0 Å². The van der Waals surface area contributed by atoms with Gasteiger partial charge in [0.05, 0.1) is 6.42 Å². The zero-order chi connectivity index (χ0) is 19.1. The third-order valence-corrected chi connectivity index (χ3v) is 4.15. The highest BCUT2D eigenvalue weighted by Gasteiger charge is 2.12. The predicted molar refractivity (Wildman–Crippen MR) is 98.8 cm³/mol. The van der Waals surface area contributed by atoms with E-state index in [0.717, 1.165) is 27.8 Å². The number of thiocyanates is 1. The van der Waals surface area contributed by atoms with Crippen molar-refractivity contribution in [3.8, 4) is 11.2 Å². The number of phenolic OH excluding ortho intramolecular Hbond substituents is 1. The fourth-order valence-corrected chi connectivity index (χ4v) is 2.96. The van der Waals surface area contributed by atoms with Gasteiger partial charge in [-0.2, -0.15) is 5.26 Å². The molecule has 7 heteroatoms. The highest BCUT2D eigenvalue weighted by Crippen LogP contribution is 2.27. The number of ether oxygens (including phenoxy) is 1. The number of benzene rings is 2. The normalized spacial score (nSPS) is 10.0. The van der Waals surface area contributed by atoms with Gasteiger partial charge < -0.3 is 15.2 Å². The van der Waals surface area contributed by atoms with Gasteiger partial charge in [-0.1, -0.05) is 12.1 Å². The summed E-state index contributed by atoms with van der Waals surface area (Å²) in [7, 11) is 0. The number of rotatable bonds is 6. The van der Waals surface area contributed by atoms with Crippen molar-refractivity contribution in [1.29, 1.82) is 5.26 Å². The number of aromatic hydroxyl groups is 1. The number of nitrogens with zero attached hydrogens (tertiary/aromatic N) is 1. The van der Waals surface area contributed by atoms with E-state index in [1.54, 1.807) is 12.1 Å². The summed E-state index contributed by atoms with van der Waals surface area (Å²) < 4.78 is 4.99. The maximum Gasteiger partial charge on any atom is 0.310 e. The van der Waals surface area contributed by atoms with Crippen LogP contribution in [0, 0.1) is 24.5 Å². The molecule has 2 aromatic rings. The molecule has 0 bridgehead atoms. The number of nitrogens with one attached hydrogen (secondary N) is 1. The zero-order valence-corrected chi connectivity index (χ0v) is 15.2. The monoisotopic (exact) mass is 370 g/mol. The van der Waals surface area contributed by atoms with Gasteiger partial charge >= 0.3 is 5.97 Å². The molecular weight excluding hydrogens is 352 g/mol. The average molecular weight is 370 g/mol. The molecule has 2 aromatic carbocycles. The third-order valence-electron chi connectivity index (χ3n) is 3.58. The van der Waals surface area contributed by atoms with Crippen LogP contribution in [-0.2, 0) is 20.7 Å². The second kappa shape index (κ2) is 8.92. The molecule has 0 radical (unpaired) electrons. The van der Waals surface area contributed by atoms with Gasteiger partial charge in [0, 0.05) is 10.6 Å². The van der Waals surface area contributed by atoms with Gasteiger partial charge in [-0.25, -0.2) is 0 Å². The molecule has 0 spiro atoms. The summed E-state index contributed by atoms with van der Waals surface area (Å²) in [6.45, 7) is 3.28. The first-order valence-electron chi connectivity index (χ1n) is 7.79. The number of amides is 1. The maximum absolute atomic E-state index is 12.1. The molecule has 2 N–H and O–H groups in total. The molecule has 0 aliphatic rings. The Labute approximate surface area is 155 Å². The van der Waals surface area contributed by atoms with E-state index >= 15 is 0 Å². The Hall–Kier alpha value is -2.98. The minimum atomic E-state index is -0.528. The fraction of sp³-hybridized carbons (Fsp3) is 0.211. The molecule has 0 unspecified atom stereocenters. The molecule has 26 heavy (non-hydrogen) atoms. The van der Waals surface area contributed by atoms with Crippen LogP contribution in [0.2, 0.25) is 0 Å². The second-order valence-corrected chi connectivity index (χ2v) is 6.54. The first-order valence-corrected chi connectivity index (χ1v) is 8.61. The minimum absolute atomic E-state index is 0.0195. The Morgan fingerprint density at radius 1 is 1.19 bits per heavy atom. The summed E-state index contributed by atoms with van der Waals surface area (Å²) in [6.07, 6.45) is 0.0195. The van der Waals surface area contributed by atoms with Crippen molar-refractivity contribution in [2.24, 2.45) is 0 Å². The molecule has 134 valence electrons. The number of hydrogen-bond acceptors (Lipinski definition) is 6. The number of anilines is 1. The molecule has 1 amide bonds. The van der Waals surface area contributed by atoms with Gasteiger partial charge in [0.15, 0.2) is 6.61 Å². The number of esters is 1. The van der Waals surface area contributed by atoms with Crippen LogP contribution in [0.25, 0.3) is 0 Å². The Morgan fingerprint density at radius 3 is 2.38 bits per heavy atom. The molecular formula is C19H18N2O4S. The smallest absolute Gasteiger partial charge is 0.310 e. The van der Waals surface area contributed by atoms with Crippen LogP contribution >= 0.6 is 11.8 Å². The van der Waals surface area contributed by atoms with Crippen molar-refractivity contribution in [2.75, 3.05) is 11.9 Å². The van der Waals surface area contributed by atoms with E-state index in [-0.39, 0.29) is 18.8 Å². The van der Waals surface area contributed by atoms with Gasteiger partial charge in [0.2, 0.25) is 0 Å². The van der Waals surface area contributed by atoms with Crippen molar-refractivity contribution in [3.05, 3.63) is 53.1 Å². The van der Waals surface area contributed by atoms with E-state index in [9.17, 15) is 14.7 Å². The molecule has 6 nitrogen and oxygen atoms in total. The molecule has 0 heterocycles. The molecule has 0 aliphatic heterocycles. The van der Waals surface area contributed by atoms with Crippen molar-refractivity contribution in [2.45, 2.75) is 25.2 Å². The summed E-state index contributed by atoms with van der Waals surface area (Å²) in [5.74, 6) is -0.845. The summed E-state index contributed by atoms with van der Waals surface area (Å²) in [5, 5.41) is 22.7. The SMILES string of the molecule is Cc1cc(SC#N)cc(C)c1NC(=O)COC(=O)Cc1ccc(O)cc1. The topological polar surface area (TPSA) is 99.4 Å². The lowest BCUT2D eigenvalue weighted by Crippen LogP contribution is -2.22. The number of phenols is 1. The predicted octanol–water partition coefficient (Wildman–Crippen LogP) is 3.31. The largest absolute Gasteiger partial charge is 0.508 e. The van der Waals surface area contributed by atoms with Crippen LogP contribution in [0.15, 0.2) is 41.3 Å². The number of thioether (sulfide) groups is 1. The van der Waals surface area contributed by atoms with Crippen LogP contribution in [0.5, 0.6) is 5.75 Å². The highest BCUT2D eigenvalue weighted by molar-refractivity contribution is 8.03. The lowest BCUT2D eigenvalue weighted by molar-refractivity contribution is -0.146. The van der Waals surface area contributed by atoms with E-state index in [0.29, 0.717) is 11.3 Å². The third kappa shape index (κ3) is 5.53. The summed E-state index contributed by atoms with van der Waals surface area (Å²) >= 11 is 1.05. The Bertz CT molecular complexity index is 834. The highest BCUT2D eigenvalue weighted by atomic mass is 32.2. The Kier molecular flexibility index (Phi) is 6.64. The Balaban J connectivity index is 1.89. The van der Waals surface area contributed by atoms with Crippen LogP contribution in [0.1, 0.15) is 16.7 Å². The molecule has 2 rings (SSSR count). The van der Waals surface area contributed by atoms with E-state index in [1.807, 2.05) is 31.4 Å². The molecule has 0 atom stereocenters. The first-order chi connectivity index (χ1) is 12.4. The Morgan fingerprint density at radius 2 is 1.81 bits per heavy atom. The summed E-state index contributed by atoms with van der Waals surface area (Å²) in [4.78, 5) is 24.7. The van der Waals surface area contributed by atoms with E-state index in [1.165, 1.54) is 12.1 Å². The number of hydrogen-bond donors (Lipinski definition) is 2. The molecule has 0 aromatic heterocycles. The number of carbonyl (C=O) groups is 2. The van der Waals surface area contributed by atoms with Crippen LogP contribution in [0.4, 0.5) is 5.69 Å². The van der Waals surface area contributed by atoms with Gasteiger partial charge in [0.1, 0.15) is 11.2 Å². The van der Waals surface area contributed by atoms with Crippen molar-refractivity contribution >= 4 is 29.3 Å². The zero-order valence-electron chi connectivity index (χ0n) is 14.4. The van der Waals surface area contributed by atoms with Crippen molar-refractivity contribution in [3.63, 3.8) is 0 Å². The first kappa shape index (κ1) is 19.3. The van der Waals surface area contributed by atoms with Gasteiger partial charge in [0.25, 0.3) is 5.91 Å². The van der Waals surface area contributed by atoms with Crippen LogP contribution in [0.3, 0.4) is 0 Å². The lowest BCUT2D eigenvalue weighted by atomic mass is 10.1. The number of aryl methyl sites for hydroxylation is 2. The number of carbonyl (C=O) groups excluding carboxylic acids is 2. The van der Waals surface area contributed by atoms with E-state index < -0.39 is 11.9 Å². The maximum atomic E-state index is 12.1. The molecule has 0 fully saturated rings. The van der Waals surface area contributed by atoms with Crippen LogP contribution in [-0.4, -0.2) is 23.6 Å². The summed E-state index contributed by atoms with van der Waals surface area (Å²) in [6, 6.07) is 9.82. The van der Waals surface area contributed by atoms with E-state index in [2.05, 4.69) is 5.32 Å². The quantitative estimate of drug-likeness (QED) is 0.460. The van der Waals surface area contributed by atoms with Gasteiger partial charge in [-0.3, -0.25) is 9.59 Å². The van der Waals surface area contributed by atoms with Gasteiger partial charge in [-0.05, 0) is 66.6 Å². The van der Waals surface area contributed by atoms with Crippen LogP contribution < -0.4 is 5.32 Å². The van der Waals surface area contributed by atoms with Gasteiger partial charge in [-0.15, -0.1) is 0 Å². The fourth-order valence-electron chi connectivity index (χ4n) is 2.39. The standard InChI is InChI=1S/C19H18N2O4S/c1-12-7-16(26-11-20)8-13(2)19(12)21-17(23)10-25-18(24)9-14-3-5-15(22)6-4-14/h3-8,22H,9-10H2,1-2H3,(H,21,23). The minimum Gasteiger partial charge on any atom is -0.508 e. The lowest BCUT2D eigenvalue weighted by Gasteiger charge is -2.13. The van der Waals surface area contributed by atoms with E-state index in [4.69, 9.17) is 10.00 Å².